The normalized spacial score (nSPS) is 19.4. The van der Waals surface area contributed by atoms with E-state index in [2.05, 4.69) is 22.1 Å². The Balaban J connectivity index is 1.41. The van der Waals surface area contributed by atoms with Gasteiger partial charge in [-0.3, -0.25) is 19.5 Å². The molecule has 0 radical (unpaired) electrons. The lowest BCUT2D eigenvalue weighted by Gasteiger charge is -2.41. The number of carbonyl (C=O) groups excluding carboxylic acids is 2. The molecule has 7 heteroatoms. The molecule has 1 aromatic heterocycles. The third-order valence-corrected chi connectivity index (χ3v) is 7.27. The van der Waals surface area contributed by atoms with Crippen LogP contribution in [0.15, 0.2) is 30.5 Å². The van der Waals surface area contributed by atoms with E-state index in [0.29, 0.717) is 30.2 Å². The molecule has 2 amide bonds. The number of hydrogen-bond donors (Lipinski definition) is 1. The van der Waals surface area contributed by atoms with Gasteiger partial charge in [0.25, 0.3) is 5.91 Å². The van der Waals surface area contributed by atoms with Crippen molar-refractivity contribution >= 4 is 17.5 Å². The van der Waals surface area contributed by atoms with E-state index < -0.39 is 0 Å². The number of anilines is 1. The molecule has 0 spiro atoms. The summed E-state index contributed by atoms with van der Waals surface area (Å²) in [6.45, 7) is 8.81. The third kappa shape index (κ3) is 5.46. The van der Waals surface area contributed by atoms with E-state index >= 15 is 0 Å². The number of piperazine rings is 1. The van der Waals surface area contributed by atoms with Crippen molar-refractivity contribution in [3.63, 3.8) is 0 Å². The summed E-state index contributed by atoms with van der Waals surface area (Å²) in [5.74, 6) is -0.182. The summed E-state index contributed by atoms with van der Waals surface area (Å²) in [5, 5.41) is 2.85. The minimum absolute atomic E-state index is 0.133. The molecule has 0 bridgehead atoms. The predicted molar refractivity (Wildman–Crippen MR) is 131 cm³/mol. The molecule has 1 aromatic carbocycles. The summed E-state index contributed by atoms with van der Waals surface area (Å²) < 4.78 is 14.5. The number of hydrogen-bond acceptors (Lipinski definition) is 4. The summed E-state index contributed by atoms with van der Waals surface area (Å²) in [7, 11) is 0. The van der Waals surface area contributed by atoms with E-state index in [-0.39, 0.29) is 23.7 Å². The van der Waals surface area contributed by atoms with E-state index in [1.54, 1.807) is 18.3 Å². The standard InChI is InChI=1S/C27H35FN4O2/c1-4-24-10-9-21(15-29-24)26(33)30-25-14-23(28)13-22(19(25)3)17-31-11-12-32(18(2)16-31)27(34)20-7-5-6-8-20/h9-10,13-15,18,20H,4-8,11-12,16-17H2,1-3H3,(H,30,33)/t18-/m0/s1. The van der Waals surface area contributed by atoms with Gasteiger partial charge in [0.05, 0.1) is 5.56 Å². The highest BCUT2D eigenvalue weighted by molar-refractivity contribution is 6.04. The Bertz CT molecular complexity index is 1030. The molecule has 1 N–H and O–H groups in total. The number of amides is 2. The van der Waals surface area contributed by atoms with Gasteiger partial charge < -0.3 is 10.2 Å². The number of nitrogens with one attached hydrogen (secondary N) is 1. The van der Waals surface area contributed by atoms with Crippen LogP contribution in [0.3, 0.4) is 0 Å². The third-order valence-electron chi connectivity index (χ3n) is 7.27. The molecule has 182 valence electrons. The number of aryl methyl sites for hydroxylation is 1. The first kappa shape index (κ1) is 24.3. The number of aromatic nitrogens is 1. The molecule has 2 aliphatic rings. The second-order valence-corrected chi connectivity index (χ2v) is 9.68. The highest BCUT2D eigenvalue weighted by Crippen LogP contribution is 2.29. The van der Waals surface area contributed by atoms with Gasteiger partial charge >= 0.3 is 0 Å². The quantitative estimate of drug-likeness (QED) is 0.678. The molecule has 1 atom stereocenters. The second-order valence-electron chi connectivity index (χ2n) is 9.68. The summed E-state index contributed by atoms with van der Waals surface area (Å²) in [6.07, 6.45) is 6.70. The van der Waals surface area contributed by atoms with Crippen molar-refractivity contribution in [1.29, 1.82) is 0 Å². The van der Waals surface area contributed by atoms with Gasteiger partial charge in [-0.25, -0.2) is 4.39 Å². The molecule has 2 fully saturated rings. The van der Waals surface area contributed by atoms with Crippen molar-refractivity contribution in [2.24, 2.45) is 5.92 Å². The van der Waals surface area contributed by atoms with Crippen molar-refractivity contribution in [3.8, 4) is 0 Å². The summed E-state index contributed by atoms with van der Waals surface area (Å²) >= 11 is 0. The Morgan fingerprint density at radius 3 is 2.59 bits per heavy atom. The van der Waals surface area contributed by atoms with Crippen LogP contribution >= 0.6 is 0 Å². The van der Waals surface area contributed by atoms with Gasteiger partial charge in [-0.1, -0.05) is 19.8 Å². The van der Waals surface area contributed by atoms with Gasteiger partial charge in [-0.2, -0.15) is 0 Å². The van der Waals surface area contributed by atoms with Crippen LogP contribution in [-0.4, -0.2) is 52.3 Å². The Hall–Kier alpha value is -2.80. The highest BCUT2D eigenvalue weighted by Gasteiger charge is 2.33. The van der Waals surface area contributed by atoms with Crippen molar-refractivity contribution in [1.82, 2.24) is 14.8 Å². The smallest absolute Gasteiger partial charge is 0.257 e. The Kier molecular flexibility index (Phi) is 7.61. The van der Waals surface area contributed by atoms with E-state index in [1.165, 1.54) is 6.07 Å². The average Bonchev–Trinajstić information content (AvgIpc) is 3.37. The molecule has 34 heavy (non-hydrogen) atoms. The summed E-state index contributed by atoms with van der Waals surface area (Å²) in [5.41, 5.74) is 3.53. The number of benzene rings is 1. The van der Waals surface area contributed by atoms with Gasteiger partial charge in [0.15, 0.2) is 0 Å². The molecule has 0 unspecified atom stereocenters. The van der Waals surface area contributed by atoms with Crippen LogP contribution in [0.2, 0.25) is 0 Å². The zero-order chi connectivity index (χ0) is 24.2. The van der Waals surface area contributed by atoms with Crippen LogP contribution in [0.5, 0.6) is 0 Å². The van der Waals surface area contributed by atoms with Crippen LogP contribution in [-0.2, 0) is 17.8 Å². The predicted octanol–water partition coefficient (Wildman–Crippen LogP) is 4.57. The molecule has 1 aliphatic heterocycles. The van der Waals surface area contributed by atoms with E-state index in [0.717, 1.165) is 62.0 Å². The maximum Gasteiger partial charge on any atom is 0.257 e. The second kappa shape index (κ2) is 10.6. The van der Waals surface area contributed by atoms with Gasteiger partial charge in [0.2, 0.25) is 5.91 Å². The van der Waals surface area contributed by atoms with Crippen molar-refractivity contribution < 1.29 is 14.0 Å². The first-order valence-corrected chi connectivity index (χ1v) is 12.4. The fourth-order valence-electron chi connectivity index (χ4n) is 5.14. The molecule has 2 heterocycles. The lowest BCUT2D eigenvalue weighted by atomic mass is 10.0. The number of halogens is 1. The Morgan fingerprint density at radius 1 is 1.18 bits per heavy atom. The first-order valence-electron chi connectivity index (χ1n) is 12.4. The highest BCUT2D eigenvalue weighted by atomic mass is 19.1. The molecule has 1 saturated carbocycles. The fraction of sp³-hybridized carbons (Fsp3) is 0.519. The lowest BCUT2D eigenvalue weighted by molar-refractivity contribution is -0.140. The molecule has 2 aromatic rings. The Morgan fingerprint density at radius 2 is 1.94 bits per heavy atom. The largest absolute Gasteiger partial charge is 0.337 e. The first-order chi connectivity index (χ1) is 16.4. The van der Waals surface area contributed by atoms with Crippen LogP contribution in [0.1, 0.15) is 66.7 Å². The minimum Gasteiger partial charge on any atom is -0.337 e. The molecular formula is C27H35FN4O2. The van der Waals surface area contributed by atoms with Crippen molar-refractivity contribution in [2.75, 3.05) is 25.0 Å². The van der Waals surface area contributed by atoms with Crippen LogP contribution in [0.4, 0.5) is 10.1 Å². The van der Waals surface area contributed by atoms with Crippen LogP contribution < -0.4 is 5.32 Å². The number of nitrogens with zero attached hydrogens (tertiary/aromatic N) is 3. The maximum atomic E-state index is 14.5. The summed E-state index contributed by atoms with van der Waals surface area (Å²) in [4.78, 5) is 34.2. The fourth-order valence-corrected chi connectivity index (χ4v) is 5.14. The average molecular weight is 467 g/mol. The zero-order valence-electron chi connectivity index (χ0n) is 20.4. The van der Waals surface area contributed by atoms with Gasteiger partial charge in [0.1, 0.15) is 5.82 Å². The van der Waals surface area contributed by atoms with Crippen LogP contribution in [0, 0.1) is 18.7 Å². The number of pyridine rings is 1. The van der Waals surface area contributed by atoms with Crippen LogP contribution in [0.25, 0.3) is 0 Å². The van der Waals surface area contributed by atoms with Gasteiger partial charge in [-0.05, 0) is 68.5 Å². The summed E-state index contributed by atoms with van der Waals surface area (Å²) in [6, 6.07) is 6.62. The minimum atomic E-state index is -0.376. The van der Waals surface area contributed by atoms with E-state index in [4.69, 9.17) is 0 Å². The number of rotatable bonds is 6. The van der Waals surface area contributed by atoms with E-state index in [9.17, 15) is 14.0 Å². The van der Waals surface area contributed by atoms with Gasteiger partial charge in [-0.15, -0.1) is 0 Å². The molecular weight excluding hydrogens is 431 g/mol. The van der Waals surface area contributed by atoms with Gasteiger partial charge in [0, 0.05) is 55.7 Å². The SMILES string of the molecule is CCc1ccc(C(=O)Nc2cc(F)cc(CN3CCN(C(=O)C4CCCC4)[C@@H](C)C3)c2C)cn1. The van der Waals surface area contributed by atoms with E-state index in [1.807, 2.05) is 24.8 Å². The molecule has 1 saturated heterocycles. The monoisotopic (exact) mass is 466 g/mol. The zero-order valence-corrected chi connectivity index (χ0v) is 20.4. The maximum absolute atomic E-state index is 14.5. The van der Waals surface area contributed by atoms with Crippen molar-refractivity contribution in [2.45, 2.75) is 65.5 Å². The topological polar surface area (TPSA) is 65.5 Å². The molecule has 4 rings (SSSR count). The lowest BCUT2D eigenvalue weighted by Crippen LogP contribution is -2.54. The molecule has 1 aliphatic carbocycles. The Labute approximate surface area is 201 Å². The van der Waals surface area contributed by atoms with Crippen molar-refractivity contribution in [3.05, 3.63) is 58.7 Å². The number of carbonyl (C=O) groups is 2. The molecule has 6 nitrogen and oxygen atoms in total.